The highest BCUT2D eigenvalue weighted by Gasteiger charge is 2.16. The first-order chi connectivity index (χ1) is 20.1. The van der Waals surface area contributed by atoms with Gasteiger partial charge in [-0.1, -0.05) is 75.6 Å². The third-order valence-electron chi connectivity index (χ3n) is 8.21. The van der Waals surface area contributed by atoms with E-state index in [1.165, 1.54) is 32.1 Å². The van der Waals surface area contributed by atoms with Gasteiger partial charge < -0.3 is 10.3 Å². The summed E-state index contributed by atoms with van der Waals surface area (Å²) in [6.45, 7) is 10.5. The topological polar surface area (TPSA) is 69.4 Å². The van der Waals surface area contributed by atoms with Crippen LogP contribution in [0.15, 0.2) is 110 Å². The zero-order valence-corrected chi connectivity index (χ0v) is 23.7. The van der Waals surface area contributed by atoms with Crippen molar-refractivity contribution in [1.29, 1.82) is 0 Å². The number of hydrogen-bond donors (Lipinski definition) is 3. The summed E-state index contributed by atoms with van der Waals surface area (Å²) in [4.78, 5) is 7.91. The zero-order valence-electron chi connectivity index (χ0n) is 23.7. The van der Waals surface area contributed by atoms with Crippen LogP contribution in [-0.4, -0.2) is 20.2 Å². The van der Waals surface area contributed by atoms with Crippen LogP contribution in [0, 0.1) is 5.92 Å². The molecule has 0 aliphatic heterocycles. The molecule has 0 unspecified atom stereocenters. The van der Waals surface area contributed by atoms with E-state index in [9.17, 15) is 0 Å². The number of aromatic amines is 2. The molecule has 0 spiro atoms. The zero-order chi connectivity index (χ0) is 28.2. The molecule has 3 N–H and O–H groups in total. The second-order valence-electron chi connectivity index (χ2n) is 11.0. The Bertz CT molecular complexity index is 1760. The van der Waals surface area contributed by atoms with Gasteiger partial charge in [0.1, 0.15) is 5.69 Å². The van der Waals surface area contributed by atoms with E-state index in [1.54, 1.807) is 6.20 Å². The van der Waals surface area contributed by atoms with E-state index in [-0.39, 0.29) is 0 Å². The molecule has 5 heteroatoms. The third-order valence-corrected chi connectivity index (χ3v) is 8.21. The lowest BCUT2D eigenvalue weighted by Gasteiger charge is -2.23. The molecular formula is C36H37N5. The van der Waals surface area contributed by atoms with Crippen LogP contribution in [-0.2, 0) is 0 Å². The fourth-order valence-electron chi connectivity index (χ4n) is 6.10. The van der Waals surface area contributed by atoms with E-state index in [1.807, 2.05) is 18.3 Å². The van der Waals surface area contributed by atoms with Crippen LogP contribution < -0.4 is 5.32 Å². The van der Waals surface area contributed by atoms with Crippen LogP contribution in [0.3, 0.4) is 0 Å². The highest BCUT2D eigenvalue weighted by molar-refractivity contribution is 6.01. The van der Waals surface area contributed by atoms with Crippen molar-refractivity contribution >= 4 is 27.4 Å². The molecule has 0 bridgehead atoms. The number of nitrogens with one attached hydrogen (secondary N) is 3. The van der Waals surface area contributed by atoms with Gasteiger partial charge in [-0.15, -0.1) is 0 Å². The Morgan fingerprint density at radius 1 is 1.02 bits per heavy atom. The summed E-state index contributed by atoms with van der Waals surface area (Å²) >= 11 is 0. The molecule has 0 saturated heterocycles. The molecule has 3 heterocycles. The Morgan fingerprint density at radius 3 is 2.68 bits per heavy atom. The van der Waals surface area contributed by atoms with Crippen molar-refractivity contribution < 1.29 is 0 Å². The average Bonchev–Trinajstić information content (AvgIpc) is 3.64. The minimum atomic E-state index is 0.739. The van der Waals surface area contributed by atoms with Crippen LogP contribution in [0.5, 0.6) is 0 Å². The van der Waals surface area contributed by atoms with Gasteiger partial charge in [-0.05, 0) is 78.4 Å². The molecule has 1 aliphatic rings. The number of pyridine rings is 1. The minimum absolute atomic E-state index is 0.739. The Morgan fingerprint density at radius 2 is 1.90 bits per heavy atom. The molecule has 3 aromatic heterocycles. The van der Waals surface area contributed by atoms with Crippen molar-refractivity contribution in [2.24, 2.45) is 5.92 Å². The van der Waals surface area contributed by atoms with E-state index in [0.717, 1.165) is 79.2 Å². The summed E-state index contributed by atoms with van der Waals surface area (Å²) in [6.07, 6.45) is 17.6. The largest absolute Gasteiger partial charge is 0.359 e. The SMILES string of the molecule is C=C/C(=C\C(=C/C)c1ccc2[nH]nc(-c3cc4c(-c5cccnc5)cccc4[nH]3)c2c1)NC(=C)CC1CCCCC1. The normalized spacial score (nSPS) is 15.0. The van der Waals surface area contributed by atoms with Gasteiger partial charge in [0, 0.05) is 45.6 Å². The van der Waals surface area contributed by atoms with E-state index < -0.39 is 0 Å². The van der Waals surface area contributed by atoms with Gasteiger partial charge in [-0.25, -0.2) is 0 Å². The van der Waals surface area contributed by atoms with Crippen LogP contribution in [0.25, 0.3) is 49.9 Å². The van der Waals surface area contributed by atoms with Gasteiger partial charge in [-0.2, -0.15) is 5.10 Å². The van der Waals surface area contributed by atoms with E-state index >= 15 is 0 Å². The van der Waals surface area contributed by atoms with Gasteiger partial charge in [0.05, 0.1) is 11.2 Å². The first-order valence-corrected chi connectivity index (χ1v) is 14.6. The summed E-state index contributed by atoms with van der Waals surface area (Å²) in [6, 6.07) is 19.0. The van der Waals surface area contributed by atoms with Crippen molar-refractivity contribution in [3.05, 3.63) is 115 Å². The minimum Gasteiger partial charge on any atom is -0.359 e. The van der Waals surface area contributed by atoms with E-state index in [0.29, 0.717) is 0 Å². The summed E-state index contributed by atoms with van der Waals surface area (Å²) in [7, 11) is 0. The van der Waals surface area contributed by atoms with Crippen molar-refractivity contribution in [1.82, 2.24) is 25.5 Å². The van der Waals surface area contributed by atoms with Crippen molar-refractivity contribution in [3.8, 4) is 22.5 Å². The number of benzene rings is 2. The molecular weight excluding hydrogens is 502 g/mol. The number of allylic oxidation sites excluding steroid dienone is 5. The molecule has 5 aromatic rings. The number of H-pyrrole nitrogens is 2. The Hall–Kier alpha value is -4.64. The number of fused-ring (bicyclic) bond motifs is 2. The summed E-state index contributed by atoms with van der Waals surface area (Å²) in [5.74, 6) is 0.739. The standard InChI is InChI=1S/C36H37N5/c1-4-26(20-29(5-2)38-24(3)19-25-11-7-6-8-12-25)27-16-17-34-32(21-27)36(41-40-34)35-22-31-30(14-9-15-33(31)39-35)28-13-10-18-37-23-28/h4-5,9-10,13-18,20-23,25,38-39H,2-3,6-8,11-12,19H2,1H3,(H,40,41)/b26-4+,29-20+. The summed E-state index contributed by atoms with van der Waals surface area (Å²) < 4.78 is 0. The molecule has 1 aliphatic carbocycles. The molecule has 0 atom stereocenters. The predicted octanol–water partition coefficient (Wildman–Crippen LogP) is 9.32. The van der Waals surface area contributed by atoms with Gasteiger partial charge in [0.15, 0.2) is 0 Å². The predicted molar refractivity (Wildman–Crippen MR) is 172 cm³/mol. The van der Waals surface area contributed by atoms with Crippen molar-refractivity contribution in [2.45, 2.75) is 45.4 Å². The number of aromatic nitrogens is 4. The molecule has 41 heavy (non-hydrogen) atoms. The van der Waals surface area contributed by atoms with E-state index in [4.69, 9.17) is 5.10 Å². The molecule has 0 radical (unpaired) electrons. The highest BCUT2D eigenvalue weighted by atomic mass is 15.1. The summed E-state index contributed by atoms with van der Waals surface area (Å²) in [5.41, 5.74) is 10.4. The maximum absolute atomic E-state index is 4.72. The van der Waals surface area contributed by atoms with Gasteiger partial charge in [0.2, 0.25) is 0 Å². The number of rotatable bonds is 9. The molecule has 6 rings (SSSR count). The van der Waals surface area contributed by atoms with E-state index in [2.05, 4.69) is 101 Å². The average molecular weight is 540 g/mol. The second-order valence-corrected chi connectivity index (χ2v) is 11.0. The van der Waals surface area contributed by atoms with Gasteiger partial charge in [-0.3, -0.25) is 10.1 Å². The fraction of sp³-hybridized carbons (Fsp3) is 0.222. The second kappa shape index (κ2) is 11.8. The molecule has 1 saturated carbocycles. The lowest BCUT2D eigenvalue weighted by atomic mass is 9.86. The lowest BCUT2D eigenvalue weighted by Crippen LogP contribution is -2.15. The quantitative estimate of drug-likeness (QED) is 0.163. The highest BCUT2D eigenvalue weighted by Crippen LogP contribution is 2.35. The van der Waals surface area contributed by atoms with Crippen molar-refractivity contribution in [3.63, 3.8) is 0 Å². The monoisotopic (exact) mass is 539 g/mol. The molecule has 2 aromatic carbocycles. The Balaban J connectivity index is 1.30. The molecule has 5 nitrogen and oxygen atoms in total. The number of hydrogen-bond acceptors (Lipinski definition) is 3. The summed E-state index contributed by atoms with van der Waals surface area (Å²) in [5, 5.41) is 13.7. The van der Waals surface area contributed by atoms with Crippen LogP contribution in [0.1, 0.15) is 51.0 Å². The van der Waals surface area contributed by atoms with Gasteiger partial charge >= 0.3 is 0 Å². The first-order valence-electron chi connectivity index (χ1n) is 14.6. The molecule has 0 amide bonds. The smallest absolute Gasteiger partial charge is 0.116 e. The number of nitrogens with zero attached hydrogens (tertiary/aromatic N) is 2. The molecule has 1 fully saturated rings. The maximum atomic E-state index is 4.72. The van der Waals surface area contributed by atoms with Gasteiger partial charge in [0.25, 0.3) is 0 Å². The maximum Gasteiger partial charge on any atom is 0.116 e. The first kappa shape index (κ1) is 26.6. The third kappa shape index (κ3) is 5.66. The van der Waals surface area contributed by atoms with Crippen LogP contribution in [0.2, 0.25) is 0 Å². The lowest BCUT2D eigenvalue weighted by molar-refractivity contribution is 0.353. The van der Waals surface area contributed by atoms with Crippen LogP contribution in [0.4, 0.5) is 0 Å². The fourth-order valence-corrected chi connectivity index (χ4v) is 6.10. The van der Waals surface area contributed by atoms with Crippen molar-refractivity contribution in [2.75, 3.05) is 0 Å². The Kier molecular flexibility index (Phi) is 7.68. The Labute approximate surface area is 241 Å². The molecule has 206 valence electrons. The van der Waals surface area contributed by atoms with Crippen LogP contribution >= 0.6 is 0 Å².